The van der Waals surface area contributed by atoms with Crippen molar-refractivity contribution in [2.45, 2.75) is 31.1 Å². The van der Waals surface area contributed by atoms with E-state index < -0.39 is 0 Å². The van der Waals surface area contributed by atoms with Gasteiger partial charge in [0.15, 0.2) is 11.5 Å². The first kappa shape index (κ1) is 11.8. The molecular formula is C14H18FNO2. The molecule has 1 aliphatic carbocycles. The predicted molar refractivity (Wildman–Crippen MR) is 66.6 cm³/mol. The van der Waals surface area contributed by atoms with E-state index in [1.165, 1.54) is 6.07 Å². The van der Waals surface area contributed by atoms with Gasteiger partial charge in [-0.2, -0.15) is 0 Å². The number of benzene rings is 1. The number of nitrogens with two attached hydrogens (primary N) is 1. The number of hydrogen-bond acceptors (Lipinski definition) is 3. The lowest BCUT2D eigenvalue weighted by Crippen LogP contribution is -2.42. The topological polar surface area (TPSA) is 44.5 Å². The van der Waals surface area contributed by atoms with Crippen molar-refractivity contribution in [2.24, 2.45) is 5.73 Å². The Morgan fingerprint density at radius 3 is 2.61 bits per heavy atom. The summed E-state index contributed by atoms with van der Waals surface area (Å²) in [7, 11) is 0. The van der Waals surface area contributed by atoms with Gasteiger partial charge in [0, 0.05) is 23.9 Å². The summed E-state index contributed by atoms with van der Waals surface area (Å²) in [4.78, 5) is 0. The number of rotatable bonds is 2. The van der Waals surface area contributed by atoms with Crippen LogP contribution in [0.2, 0.25) is 0 Å². The molecule has 2 aliphatic rings. The van der Waals surface area contributed by atoms with Crippen LogP contribution in [0.25, 0.3) is 0 Å². The van der Waals surface area contributed by atoms with E-state index in [0.29, 0.717) is 36.8 Å². The first-order valence-corrected chi connectivity index (χ1v) is 6.55. The molecule has 0 atom stereocenters. The molecule has 1 aliphatic heterocycles. The zero-order valence-electron chi connectivity index (χ0n) is 10.4. The lowest BCUT2D eigenvalue weighted by molar-refractivity contribution is 0.227. The highest BCUT2D eigenvalue weighted by Crippen LogP contribution is 2.50. The summed E-state index contributed by atoms with van der Waals surface area (Å²) in [5.41, 5.74) is 6.27. The van der Waals surface area contributed by atoms with Crippen molar-refractivity contribution < 1.29 is 13.9 Å². The van der Waals surface area contributed by atoms with Crippen LogP contribution in [0.3, 0.4) is 0 Å². The van der Waals surface area contributed by atoms with Gasteiger partial charge >= 0.3 is 0 Å². The summed E-state index contributed by atoms with van der Waals surface area (Å²) >= 11 is 0. The average Bonchev–Trinajstić information content (AvgIpc) is 2.56. The van der Waals surface area contributed by atoms with Crippen LogP contribution < -0.4 is 15.2 Å². The average molecular weight is 251 g/mol. The highest BCUT2D eigenvalue weighted by Gasteiger charge is 2.42. The fraction of sp³-hybridized carbons (Fsp3) is 0.571. The van der Waals surface area contributed by atoms with Gasteiger partial charge in [-0.15, -0.1) is 0 Å². The second-order valence-corrected chi connectivity index (χ2v) is 5.14. The zero-order valence-corrected chi connectivity index (χ0v) is 10.4. The SMILES string of the molecule is NCC1(c2c(F)ccc3c2OCCCO3)CCC1. The molecule has 0 aromatic heterocycles. The Bertz CT molecular complexity index is 452. The minimum Gasteiger partial charge on any atom is -0.490 e. The van der Waals surface area contributed by atoms with E-state index in [2.05, 4.69) is 0 Å². The van der Waals surface area contributed by atoms with Crippen molar-refractivity contribution in [2.75, 3.05) is 19.8 Å². The minimum absolute atomic E-state index is 0.218. The van der Waals surface area contributed by atoms with E-state index in [1.54, 1.807) is 6.07 Å². The lowest BCUT2D eigenvalue weighted by atomic mass is 9.64. The van der Waals surface area contributed by atoms with Gasteiger partial charge < -0.3 is 15.2 Å². The summed E-state index contributed by atoms with van der Waals surface area (Å²) in [5, 5.41) is 0. The Hall–Kier alpha value is -1.29. The molecule has 3 rings (SSSR count). The number of hydrogen-bond donors (Lipinski definition) is 1. The number of halogens is 1. The van der Waals surface area contributed by atoms with Gasteiger partial charge in [-0.25, -0.2) is 4.39 Å². The van der Waals surface area contributed by atoms with Gasteiger partial charge in [0.1, 0.15) is 5.82 Å². The van der Waals surface area contributed by atoms with E-state index in [9.17, 15) is 4.39 Å². The fourth-order valence-corrected chi connectivity index (χ4v) is 2.87. The van der Waals surface area contributed by atoms with Gasteiger partial charge in [-0.1, -0.05) is 6.42 Å². The van der Waals surface area contributed by atoms with Gasteiger partial charge in [0.25, 0.3) is 0 Å². The van der Waals surface area contributed by atoms with Crippen LogP contribution in [-0.4, -0.2) is 19.8 Å². The summed E-state index contributed by atoms with van der Waals surface area (Å²) < 4.78 is 25.6. The van der Waals surface area contributed by atoms with Gasteiger partial charge in [-0.05, 0) is 25.0 Å². The van der Waals surface area contributed by atoms with Gasteiger partial charge in [-0.3, -0.25) is 0 Å². The highest BCUT2D eigenvalue weighted by atomic mass is 19.1. The molecule has 0 saturated heterocycles. The monoisotopic (exact) mass is 251 g/mol. The van der Waals surface area contributed by atoms with Crippen molar-refractivity contribution in [3.63, 3.8) is 0 Å². The van der Waals surface area contributed by atoms with E-state index in [-0.39, 0.29) is 11.2 Å². The molecule has 0 radical (unpaired) electrons. The summed E-state index contributed by atoms with van der Waals surface area (Å²) in [6.45, 7) is 1.65. The molecule has 18 heavy (non-hydrogen) atoms. The quantitative estimate of drug-likeness (QED) is 0.877. The van der Waals surface area contributed by atoms with Crippen LogP contribution in [0.5, 0.6) is 11.5 Å². The van der Waals surface area contributed by atoms with Crippen molar-refractivity contribution in [1.82, 2.24) is 0 Å². The Labute approximate surface area is 106 Å². The summed E-state index contributed by atoms with van der Waals surface area (Å²) in [5.74, 6) is 1.02. The van der Waals surface area contributed by atoms with Crippen molar-refractivity contribution in [3.05, 3.63) is 23.5 Å². The van der Waals surface area contributed by atoms with Crippen LogP contribution in [0.4, 0.5) is 4.39 Å². The van der Waals surface area contributed by atoms with Crippen LogP contribution >= 0.6 is 0 Å². The molecule has 4 heteroatoms. The summed E-state index contributed by atoms with van der Waals surface area (Å²) in [6, 6.07) is 3.13. The Kier molecular flexibility index (Phi) is 2.90. The first-order valence-electron chi connectivity index (χ1n) is 6.55. The molecule has 2 N–H and O–H groups in total. The third-order valence-electron chi connectivity index (χ3n) is 4.10. The van der Waals surface area contributed by atoms with Crippen LogP contribution in [0.15, 0.2) is 12.1 Å². The molecule has 0 spiro atoms. The molecule has 98 valence electrons. The molecule has 1 saturated carbocycles. The molecular weight excluding hydrogens is 233 g/mol. The Balaban J connectivity index is 2.12. The molecule has 1 fully saturated rings. The Morgan fingerprint density at radius 1 is 1.17 bits per heavy atom. The maximum absolute atomic E-state index is 14.2. The van der Waals surface area contributed by atoms with E-state index >= 15 is 0 Å². The largest absolute Gasteiger partial charge is 0.490 e. The molecule has 0 unspecified atom stereocenters. The highest BCUT2D eigenvalue weighted by molar-refractivity contribution is 5.52. The molecule has 1 aromatic carbocycles. The van der Waals surface area contributed by atoms with Crippen molar-refractivity contribution >= 4 is 0 Å². The van der Waals surface area contributed by atoms with Crippen molar-refractivity contribution in [3.8, 4) is 11.5 Å². The van der Waals surface area contributed by atoms with E-state index in [1.807, 2.05) is 0 Å². The third kappa shape index (κ3) is 1.67. The normalized spacial score (nSPS) is 21.0. The minimum atomic E-state index is -0.247. The van der Waals surface area contributed by atoms with Crippen LogP contribution in [0, 0.1) is 5.82 Å². The van der Waals surface area contributed by atoms with Gasteiger partial charge in [0.05, 0.1) is 13.2 Å². The van der Waals surface area contributed by atoms with Crippen LogP contribution in [0.1, 0.15) is 31.2 Å². The fourth-order valence-electron chi connectivity index (χ4n) is 2.87. The maximum atomic E-state index is 14.2. The maximum Gasteiger partial charge on any atom is 0.167 e. The number of fused-ring (bicyclic) bond motifs is 1. The predicted octanol–water partition coefficient (Wildman–Crippen LogP) is 2.37. The second-order valence-electron chi connectivity index (χ2n) is 5.14. The Morgan fingerprint density at radius 2 is 1.94 bits per heavy atom. The molecule has 3 nitrogen and oxygen atoms in total. The molecule has 1 aromatic rings. The third-order valence-corrected chi connectivity index (χ3v) is 4.10. The second kappa shape index (κ2) is 4.43. The van der Waals surface area contributed by atoms with E-state index in [0.717, 1.165) is 25.7 Å². The lowest BCUT2D eigenvalue weighted by Gasteiger charge is -2.42. The zero-order chi connectivity index (χ0) is 12.6. The van der Waals surface area contributed by atoms with Crippen LogP contribution in [-0.2, 0) is 5.41 Å². The molecule has 0 amide bonds. The standard InChI is InChI=1S/C14H18FNO2/c15-10-3-4-11-13(18-8-2-7-17-11)12(10)14(9-16)5-1-6-14/h3-4H,1-2,5-9,16H2. The van der Waals surface area contributed by atoms with Crippen molar-refractivity contribution in [1.29, 1.82) is 0 Å². The number of ether oxygens (including phenoxy) is 2. The van der Waals surface area contributed by atoms with E-state index in [4.69, 9.17) is 15.2 Å². The first-order chi connectivity index (χ1) is 8.77. The molecule has 1 heterocycles. The molecule has 0 bridgehead atoms. The summed E-state index contributed by atoms with van der Waals surface area (Å²) in [6.07, 6.45) is 3.78. The smallest absolute Gasteiger partial charge is 0.167 e. The van der Waals surface area contributed by atoms with Gasteiger partial charge in [0.2, 0.25) is 0 Å².